The number of hydrogen-bond acceptors (Lipinski definition) is 6. The highest BCUT2D eigenvalue weighted by Gasteiger charge is 2.04. The van der Waals surface area contributed by atoms with Crippen molar-refractivity contribution in [3.05, 3.63) is 11.9 Å². The number of anilines is 2. The molecule has 0 atom stereocenters. The molecule has 1 aromatic heterocycles. The molecule has 0 aliphatic heterocycles. The summed E-state index contributed by atoms with van der Waals surface area (Å²) in [6.07, 6.45) is 1.73. The SMILES string of the molecule is CCCNc1cc(NCCCO)nc(COC)n1. The third kappa shape index (κ3) is 5.29. The van der Waals surface area contributed by atoms with Crippen molar-refractivity contribution in [2.45, 2.75) is 26.4 Å². The van der Waals surface area contributed by atoms with Crippen LogP contribution in [0, 0.1) is 0 Å². The average Bonchev–Trinajstić information content (AvgIpc) is 2.37. The number of rotatable bonds is 9. The predicted octanol–water partition coefficient (Wildman–Crippen LogP) is 1.24. The lowest BCUT2D eigenvalue weighted by atomic mass is 10.4. The zero-order chi connectivity index (χ0) is 13.2. The first kappa shape index (κ1) is 14.7. The van der Waals surface area contributed by atoms with Gasteiger partial charge in [-0.05, 0) is 12.8 Å². The molecule has 1 aromatic rings. The molecule has 6 nitrogen and oxygen atoms in total. The first-order valence-corrected chi connectivity index (χ1v) is 6.25. The molecule has 0 aliphatic carbocycles. The van der Waals surface area contributed by atoms with Crippen molar-refractivity contribution in [2.24, 2.45) is 0 Å². The first-order valence-electron chi connectivity index (χ1n) is 6.25. The van der Waals surface area contributed by atoms with Crippen LogP contribution in [-0.4, -0.2) is 41.9 Å². The molecule has 0 aliphatic rings. The first-order chi connectivity index (χ1) is 8.80. The van der Waals surface area contributed by atoms with Gasteiger partial charge in [0.2, 0.25) is 0 Å². The van der Waals surface area contributed by atoms with Gasteiger partial charge in [-0.3, -0.25) is 0 Å². The van der Waals surface area contributed by atoms with Gasteiger partial charge in [-0.1, -0.05) is 6.92 Å². The number of nitrogens with one attached hydrogen (secondary N) is 2. The van der Waals surface area contributed by atoms with Crippen molar-refractivity contribution >= 4 is 11.6 Å². The zero-order valence-electron chi connectivity index (χ0n) is 11.1. The summed E-state index contributed by atoms with van der Waals surface area (Å²) in [5.41, 5.74) is 0. The van der Waals surface area contributed by atoms with Gasteiger partial charge in [0.1, 0.15) is 18.2 Å². The van der Waals surface area contributed by atoms with Crippen molar-refractivity contribution < 1.29 is 9.84 Å². The monoisotopic (exact) mass is 254 g/mol. The Morgan fingerprint density at radius 3 is 2.44 bits per heavy atom. The standard InChI is InChI=1S/C12H22N4O2/c1-3-5-13-10-8-11(14-6-4-7-17)16-12(15-10)9-18-2/h8,17H,3-7,9H2,1-2H3,(H2,13,14,15,16). The molecule has 18 heavy (non-hydrogen) atoms. The number of nitrogens with zero attached hydrogens (tertiary/aromatic N) is 2. The molecule has 0 spiro atoms. The van der Waals surface area contributed by atoms with Crippen LogP contribution in [0.1, 0.15) is 25.6 Å². The molecule has 3 N–H and O–H groups in total. The van der Waals surface area contributed by atoms with E-state index in [9.17, 15) is 0 Å². The van der Waals surface area contributed by atoms with Gasteiger partial charge in [0.25, 0.3) is 0 Å². The summed E-state index contributed by atoms with van der Waals surface area (Å²) >= 11 is 0. The summed E-state index contributed by atoms with van der Waals surface area (Å²) in [6.45, 7) is 4.22. The fraction of sp³-hybridized carbons (Fsp3) is 0.667. The number of aliphatic hydroxyl groups is 1. The largest absolute Gasteiger partial charge is 0.396 e. The molecule has 0 fully saturated rings. The zero-order valence-corrected chi connectivity index (χ0v) is 11.1. The fourth-order valence-electron chi connectivity index (χ4n) is 1.42. The predicted molar refractivity (Wildman–Crippen MR) is 71.7 cm³/mol. The molecule has 0 saturated carbocycles. The van der Waals surface area contributed by atoms with E-state index in [2.05, 4.69) is 27.5 Å². The lowest BCUT2D eigenvalue weighted by molar-refractivity contribution is 0.178. The molecular weight excluding hydrogens is 232 g/mol. The minimum absolute atomic E-state index is 0.171. The van der Waals surface area contributed by atoms with E-state index in [4.69, 9.17) is 9.84 Å². The minimum Gasteiger partial charge on any atom is -0.396 e. The van der Waals surface area contributed by atoms with Gasteiger partial charge >= 0.3 is 0 Å². The lowest BCUT2D eigenvalue weighted by Crippen LogP contribution is -2.10. The molecule has 1 rings (SSSR count). The quantitative estimate of drug-likeness (QED) is 0.575. The minimum atomic E-state index is 0.171. The van der Waals surface area contributed by atoms with Crippen molar-refractivity contribution in [1.29, 1.82) is 0 Å². The van der Waals surface area contributed by atoms with E-state index in [1.165, 1.54) is 0 Å². The Labute approximate surface area is 108 Å². The fourth-order valence-corrected chi connectivity index (χ4v) is 1.42. The number of ether oxygens (including phenoxy) is 1. The second-order valence-electron chi connectivity index (χ2n) is 3.92. The highest BCUT2D eigenvalue weighted by atomic mass is 16.5. The Hall–Kier alpha value is -1.40. The Morgan fingerprint density at radius 1 is 1.22 bits per heavy atom. The molecule has 0 amide bonds. The molecule has 0 saturated heterocycles. The van der Waals surface area contributed by atoms with E-state index in [1.807, 2.05) is 6.07 Å². The van der Waals surface area contributed by atoms with Crippen LogP contribution in [0.2, 0.25) is 0 Å². The van der Waals surface area contributed by atoms with Crippen molar-refractivity contribution in [2.75, 3.05) is 37.4 Å². The molecule has 0 radical (unpaired) electrons. The van der Waals surface area contributed by atoms with Crippen molar-refractivity contribution in [3.63, 3.8) is 0 Å². The Bertz CT molecular complexity index is 347. The number of aromatic nitrogens is 2. The van der Waals surface area contributed by atoms with Crippen LogP contribution >= 0.6 is 0 Å². The van der Waals surface area contributed by atoms with Crippen LogP contribution in [0.3, 0.4) is 0 Å². The second kappa shape index (κ2) is 8.66. The smallest absolute Gasteiger partial charge is 0.158 e. The highest BCUT2D eigenvalue weighted by molar-refractivity contribution is 5.47. The van der Waals surface area contributed by atoms with Gasteiger partial charge < -0.3 is 20.5 Å². The van der Waals surface area contributed by atoms with Gasteiger partial charge in [0.15, 0.2) is 5.82 Å². The molecule has 0 bridgehead atoms. The Morgan fingerprint density at radius 2 is 1.89 bits per heavy atom. The maximum atomic E-state index is 8.75. The summed E-state index contributed by atoms with van der Waals surface area (Å²) in [6, 6.07) is 1.87. The summed E-state index contributed by atoms with van der Waals surface area (Å²) in [7, 11) is 1.62. The summed E-state index contributed by atoms with van der Waals surface area (Å²) in [5, 5.41) is 15.1. The van der Waals surface area contributed by atoms with Crippen molar-refractivity contribution in [3.8, 4) is 0 Å². The lowest BCUT2D eigenvalue weighted by Gasteiger charge is -2.10. The molecule has 6 heteroatoms. The molecule has 0 aromatic carbocycles. The van der Waals surface area contributed by atoms with E-state index in [0.717, 1.165) is 24.6 Å². The van der Waals surface area contributed by atoms with Crippen LogP contribution in [0.25, 0.3) is 0 Å². The summed E-state index contributed by atoms with van der Waals surface area (Å²) in [4.78, 5) is 8.69. The number of aliphatic hydroxyl groups excluding tert-OH is 1. The third-order valence-corrected chi connectivity index (χ3v) is 2.24. The van der Waals surface area contributed by atoms with Crippen LogP contribution in [0.4, 0.5) is 11.6 Å². The second-order valence-corrected chi connectivity index (χ2v) is 3.92. The average molecular weight is 254 g/mol. The van der Waals surface area contributed by atoms with E-state index in [1.54, 1.807) is 7.11 Å². The van der Waals surface area contributed by atoms with E-state index < -0.39 is 0 Å². The number of methoxy groups -OCH3 is 1. The van der Waals surface area contributed by atoms with Crippen LogP contribution in [0.5, 0.6) is 0 Å². The molecular formula is C12H22N4O2. The van der Waals surface area contributed by atoms with Gasteiger partial charge in [0.05, 0.1) is 0 Å². The van der Waals surface area contributed by atoms with Gasteiger partial charge in [-0.25, -0.2) is 9.97 Å². The van der Waals surface area contributed by atoms with Crippen molar-refractivity contribution in [1.82, 2.24) is 9.97 Å². The van der Waals surface area contributed by atoms with E-state index in [-0.39, 0.29) is 6.61 Å². The van der Waals surface area contributed by atoms with Crippen LogP contribution < -0.4 is 10.6 Å². The maximum Gasteiger partial charge on any atom is 0.158 e. The molecule has 0 unspecified atom stereocenters. The van der Waals surface area contributed by atoms with Crippen LogP contribution in [-0.2, 0) is 11.3 Å². The van der Waals surface area contributed by atoms with Gasteiger partial charge in [0, 0.05) is 32.9 Å². The van der Waals surface area contributed by atoms with Crippen LogP contribution in [0.15, 0.2) is 6.07 Å². The van der Waals surface area contributed by atoms with Gasteiger partial charge in [-0.15, -0.1) is 0 Å². The van der Waals surface area contributed by atoms with E-state index in [0.29, 0.717) is 25.4 Å². The Balaban J connectivity index is 2.70. The highest BCUT2D eigenvalue weighted by Crippen LogP contribution is 2.12. The Kier molecular flexibility index (Phi) is 7.05. The third-order valence-electron chi connectivity index (χ3n) is 2.24. The maximum absolute atomic E-state index is 8.75. The molecule has 102 valence electrons. The van der Waals surface area contributed by atoms with Gasteiger partial charge in [-0.2, -0.15) is 0 Å². The number of hydrogen-bond donors (Lipinski definition) is 3. The topological polar surface area (TPSA) is 79.3 Å². The summed E-state index contributed by atoms with van der Waals surface area (Å²) < 4.78 is 5.05. The van der Waals surface area contributed by atoms with E-state index >= 15 is 0 Å². The summed E-state index contributed by atoms with van der Waals surface area (Å²) in [5.74, 6) is 2.19. The normalized spacial score (nSPS) is 10.4. The molecule has 1 heterocycles.